The van der Waals surface area contributed by atoms with E-state index in [0.717, 1.165) is 25.7 Å². The standard InChI is InChI=1S/C14H22O4/c1-4-11(13(15)17-2)12(14(16)18-3)10-8-6-5-7-9-10/h10H,4-9H2,1-3H3/b12-11-. The molecule has 0 N–H and O–H groups in total. The van der Waals surface area contributed by atoms with Gasteiger partial charge in [-0.05, 0) is 25.2 Å². The van der Waals surface area contributed by atoms with Crippen LogP contribution in [0.1, 0.15) is 45.4 Å². The summed E-state index contributed by atoms with van der Waals surface area (Å²) in [6.07, 6.45) is 5.79. The SMILES string of the molecule is CC/C(C(=O)OC)=C(/C(=O)OC)C1CCCCC1. The third-order valence-electron chi connectivity index (χ3n) is 3.53. The fourth-order valence-corrected chi connectivity index (χ4v) is 2.61. The summed E-state index contributed by atoms with van der Waals surface area (Å²) in [5.74, 6) is -0.659. The van der Waals surface area contributed by atoms with Crippen LogP contribution in [0.25, 0.3) is 0 Å². The minimum absolute atomic E-state index is 0.139. The Kier molecular flexibility index (Phi) is 5.89. The number of ether oxygens (including phenoxy) is 2. The van der Waals surface area contributed by atoms with Crippen molar-refractivity contribution in [3.63, 3.8) is 0 Å². The molecule has 1 fully saturated rings. The normalized spacial score (nSPS) is 17.9. The van der Waals surface area contributed by atoms with Crippen LogP contribution in [0.3, 0.4) is 0 Å². The smallest absolute Gasteiger partial charge is 0.334 e. The van der Waals surface area contributed by atoms with Crippen molar-refractivity contribution >= 4 is 11.9 Å². The zero-order valence-corrected chi connectivity index (χ0v) is 11.5. The summed E-state index contributed by atoms with van der Waals surface area (Å²) in [4.78, 5) is 23.7. The highest BCUT2D eigenvalue weighted by Crippen LogP contribution is 2.33. The van der Waals surface area contributed by atoms with Crippen LogP contribution >= 0.6 is 0 Å². The van der Waals surface area contributed by atoms with E-state index in [1.54, 1.807) is 0 Å². The van der Waals surface area contributed by atoms with E-state index in [-0.39, 0.29) is 11.9 Å². The molecule has 0 radical (unpaired) electrons. The Morgan fingerprint density at radius 3 is 2.00 bits per heavy atom. The highest BCUT2D eigenvalue weighted by molar-refractivity contribution is 6.00. The molecule has 0 spiro atoms. The highest BCUT2D eigenvalue weighted by atomic mass is 16.5. The molecule has 102 valence electrons. The second kappa shape index (κ2) is 7.19. The van der Waals surface area contributed by atoms with Crippen LogP contribution in [-0.4, -0.2) is 26.2 Å². The Hall–Kier alpha value is -1.32. The molecule has 0 heterocycles. The third kappa shape index (κ3) is 3.34. The van der Waals surface area contributed by atoms with Gasteiger partial charge in [-0.2, -0.15) is 0 Å². The molecule has 4 heteroatoms. The van der Waals surface area contributed by atoms with Crippen molar-refractivity contribution in [2.24, 2.45) is 5.92 Å². The Bertz CT molecular complexity index is 338. The molecule has 0 aromatic heterocycles. The Morgan fingerprint density at radius 1 is 1.00 bits per heavy atom. The largest absolute Gasteiger partial charge is 0.466 e. The lowest BCUT2D eigenvalue weighted by Crippen LogP contribution is -2.22. The maximum atomic E-state index is 11.9. The second-order valence-corrected chi connectivity index (χ2v) is 4.56. The molecule has 0 saturated heterocycles. The molecule has 0 amide bonds. The average Bonchev–Trinajstić information content (AvgIpc) is 2.43. The summed E-state index contributed by atoms with van der Waals surface area (Å²) >= 11 is 0. The molecule has 1 aliphatic carbocycles. The van der Waals surface area contributed by atoms with Gasteiger partial charge < -0.3 is 9.47 Å². The van der Waals surface area contributed by atoms with Crippen molar-refractivity contribution in [1.82, 2.24) is 0 Å². The van der Waals surface area contributed by atoms with Gasteiger partial charge in [0.2, 0.25) is 0 Å². The summed E-state index contributed by atoms with van der Waals surface area (Å²) in [5, 5.41) is 0. The molecule has 0 aromatic rings. The molecular weight excluding hydrogens is 232 g/mol. The zero-order valence-electron chi connectivity index (χ0n) is 11.5. The van der Waals surface area contributed by atoms with Gasteiger partial charge in [-0.1, -0.05) is 26.2 Å². The predicted octanol–water partition coefficient (Wildman–Crippen LogP) is 2.62. The number of methoxy groups -OCH3 is 2. The number of hydrogen-bond acceptors (Lipinski definition) is 4. The highest BCUT2D eigenvalue weighted by Gasteiger charge is 2.29. The van der Waals surface area contributed by atoms with Crippen LogP contribution in [0.5, 0.6) is 0 Å². The van der Waals surface area contributed by atoms with E-state index in [1.807, 2.05) is 6.92 Å². The lowest BCUT2D eigenvalue weighted by molar-refractivity contribution is -0.140. The molecule has 1 rings (SSSR count). The van der Waals surface area contributed by atoms with Crippen LogP contribution in [0.4, 0.5) is 0 Å². The van der Waals surface area contributed by atoms with Crippen molar-refractivity contribution in [1.29, 1.82) is 0 Å². The molecule has 0 atom stereocenters. The molecule has 1 saturated carbocycles. The average molecular weight is 254 g/mol. The van der Waals surface area contributed by atoms with Crippen LogP contribution in [0.2, 0.25) is 0 Å². The number of rotatable bonds is 4. The topological polar surface area (TPSA) is 52.6 Å². The molecule has 0 bridgehead atoms. The van der Waals surface area contributed by atoms with E-state index in [9.17, 15) is 9.59 Å². The van der Waals surface area contributed by atoms with Gasteiger partial charge in [-0.3, -0.25) is 0 Å². The summed E-state index contributed by atoms with van der Waals surface area (Å²) in [7, 11) is 2.70. The van der Waals surface area contributed by atoms with Crippen LogP contribution in [0.15, 0.2) is 11.1 Å². The minimum atomic E-state index is -0.413. The van der Waals surface area contributed by atoms with E-state index in [4.69, 9.17) is 9.47 Å². The lowest BCUT2D eigenvalue weighted by atomic mass is 9.81. The van der Waals surface area contributed by atoms with E-state index in [2.05, 4.69) is 0 Å². The van der Waals surface area contributed by atoms with E-state index >= 15 is 0 Å². The summed E-state index contributed by atoms with van der Waals surface area (Å²) < 4.78 is 9.60. The molecule has 0 unspecified atom stereocenters. The van der Waals surface area contributed by atoms with Gasteiger partial charge in [0, 0.05) is 5.57 Å². The van der Waals surface area contributed by atoms with Crippen molar-refractivity contribution < 1.29 is 19.1 Å². The minimum Gasteiger partial charge on any atom is -0.466 e. The Morgan fingerprint density at radius 2 is 1.56 bits per heavy atom. The van der Waals surface area contributed by atoms with Crippen molar-refractivity contribution in [3.05, 3.63) is 11.1 Å². The van der Waals surface area contributed by atoms with E-state index < -0.39 is 5.97 Å². The second-order valence-electron chi connectivity index (χ2n) is 4.56. The fourth-order valence-electron chi connectivity index (χ4n) is 2.61. The summed E-state index contributed by atoms with van der Waals surface area (Å²) in [6.45, 7) is 1.86. The van der Waals surface area contributed by atoms with Gasteiger partial charge in [0.05, 0.1) is 19.8 Å². The van der Waals surface area contributed by atoms with Gasteiger partial charge in [0.25, 0.3) is 0 Å². The zero-order chi connectivity index (χ0) is 13.5. The first kappa shape index (κ1) is 14.7. The molecule has 18 heavy (non-hydrogen) atoms. The molecule has 1 aliphatic rings. The van der Waals surface area contributed by atoms with Gasteiger partial charge in [-0.15, -0.1) is 0 Å². The Labute approximate surface area is 108 Å². The number of hydrogen-bond donors (Lipinski definition) is 0. The number of carbonyl (C=O) groups excluding carboxylic acids is 2. The van der Waals surface area contributed by atoms with Gasteiger partial charge in [0.1, 0.15) is 0 Å². The van der Waals surface area contributed by atoms with Crippen molar-refractivity contribution in [2.75, 3.05) is 14.2 Å². The molecule has 0 aliphatic heterocycles. The van der Waals surface area contributed by atoms with Gasteiger partial charge in [0.15, 0.2) is 0 Å². The Balaban J connectivity index is 3.11. The fraction of sp³-hybridized carbons (Fsp3) is 0.714. The summed E-state index contributed by atoms with van der Waals surface area (Å²) in [5.41, 5.74) is 1.00. The number of esters is 2. The van der Waals surface area contributed by atoms with Crippen LogP contribution in [0, 0.1) is 5.92 Å². The van der Waals surface area contributed by atoms with Gasteiger partial charge >= 0.3 is 11.9 Å². The van der Waals surface area contributed by atoms with E-state index in [1.165, 1.54) is 20.6 Å². The molecule has 4 nitrogen and oxygen atoms in total. The van der Waals surface area contributed by atoms with Crippen molar-refractivity contribution in [2.45, 2.75) is 45.4 Å². The van der Waals surface area contributed by atoms with Gasteiger partial charge in [-0.25, -0.2) is 9.59 Å². The van der Waals surface area contributed by atoms with Crippen LogP contribution in [-0.2, 0) is 19.1 Å². The first-order valence-electron chi connectivity index (χ1n) is 6.55. The maximum absolute atomic E-state index is 11.9. The lowest BCUT2D eigenvalue weighted by Gasteiger charge is -2.24. The molecular formula is C14H22O4. The maximum Gasteiger partial charge on any atom is 0.334 e. The first-order chi connectivity index (χ1) is 8.65. The van der Waals surface area contributed by atoms with Crippen LogP contribution < -0.4 is 0 Å². The van der Waals surface area contributed by atoms with Crippen molar-refractivity contribution in [3.8, 4) is 0 Å². The number of carbonyl (C=O) groups is 2. The molecule has 0 aromatic carbocycles. The first-order valence-corrected chi connectivity index (χ1v) is 6.55. The summed E-state index contributed by atoms with van der Waals surface area (Å²) in [6, 6.07) is 0. The van der Waals surface area contributed by atoms with E-state index in [0.29, 0.717) is 17.6 Å². The predicted molar refractivity (Wildman–Crippen MR) is 67.9 cm³/mol. The third-order valence-corrected chi connectivity index (χ3v) is 3.53. The monoisotopic (exact) mass is 254 g/mol. The quantitative estimate of drug-likeness (QED) is 0.571.